The molecule has 0 aliphatic carbocycles. The minimum Gasteiger partial charge on any atom is -0.285 e. The molecular formula is C13H15N5. The molecule has 0 atom stereocenters. The van der Waals surface area contributed by atoms with Crippen molar-refractivity contribution < 1.29 is 0 Å². The molecule has 0 fully saturated rings. The van der Waals surface area contributed by atoms with Gasteiger partial charge in [0.15, 0.2) is 5.82 Å². The van der Waals surface area contributed by atoms with Crippen LogP contribution in [0.2, 0.25) is 0 Å². The van der Waals surface area contributed by atoms with E-state index < -0.39 is 0 Å². The fourth-order valence-corrected chi connectivity index (χ4v) is 1.83. The number of rotatable bonds is 3. The number of aryl methyl sites for hydroxylation is 2. The predicted octanol–water partition coefficient (Wildman–Crippen LogP) is 2.10. The Morgan fingerprint density at radius 3 is 2.78 bits per heavy atom. The summed E-state index contributed by atoms with van der Waals surface area (Å²) in [7, 11) is 0. The van der Waals surface area contributed by atoms with Gasteiger partial charge in [-0.1, -0.05) is 6.92 Å². The zero-order valence-electron chi connectivity index (χ0n) is 10.8. The van der Waals surface area contributed by atoms with Crippen molar-refractivity contribution in [2.24, 2.45) is 0 Å². The predicted molar refractivity (Wildman–Crippen MR) is 67.3 cm³/mol. The quantitative estimate of drug-likeness (QED) is 0.825. The Kier molecular flexibility index (Phi) is 3.38. The normalized spacial score (nSPS) is 10.3. The molecule has 0 N–H and O–H groups in total. The first-order valence-corrected chi connectivity index (χ1v) is 5.95. The Balaban J connectivity index is 2.61. The van der Waals surface area contributed by atoms with Gasteiger partial charge in [-0.2, -0.15) is 10.4 Å². The summed E-state index contributed by atoms with van der Waals surface area (Å²) in [5, 5.41) is 17.5. The van der Waals surface area contributed by atoms with Crippen LogP contribution in [0.5, 0.6) is 0 Å². The van der Waals surface area contributed by atoms with Crippen LogP contribution >= 0.6 is 0 Å². The summed E-state index contributed by atoms with van der Waals surface area (Å²) in [5.41, 5.74) is 2.23. The van der Waals surface area contributed by atoms with Crippen molar-refractivity contribution >= 4 is 0 Å². The number of aromatic nitrogens is 4. The van der Waals surface area contributed by atoms with Crippen LogP contribution in [0.3, 0.4) is 0 Å². The summed E-state index contributed by atoms with van der Waals surface area (Å²) in [6.07, 6.45) is 5.40. The first kappa shape index (κ1) is 12.2. The third kappa shape index (κ3) is 1.97. The molecular weight excluding hydrogens is 226 g/mol. The van der Waals surface area contributed by atoms with Crippen LogP contribution in [0.4, 0.5) is 0 Å². The molecule has 2 aromatic heterocycles. The molecule has 0 saturated heterocycles. The second kappa shape index (κ2) is 4.96. The topological polar surface area (TPSA) is 67.4 Å². The number of hydrogen-bond donors (Lipinski definition) is 0. The summed E-state index contributed by atoms with van der Waals surface area (Å²) in [4.78, 5) is 4.30. The van der Waals surface area contributed by atoms with E-state index in [1.54, 1.807) is 6.20 Å². The molecule has 0 bridgehead atoms. The fraction of sp³-hybridized carbons (Fsp3) is 0.385. The lowest BCUT2D eigenvalue weighted by Crippen LogP contribution is -2.09. The maximum Gasteiger partial charge on any atom is 0.179 e. The lowest BCUT2D eigenvalue weighted by Gasteiger charge is -2.10. The van der Waals surface area contributed by atoms with E-state index in [1.165, 1.54) is 0 Å². The molecule has 2 aromatic rings. The fourth-order valence-electron chi connectivity index (χ4n) is 1.83. The standard InChI is InChI=1S/C13H15N5/c1-4-5-12-15-6-7-18(12)13-11(8-14)9(2)10(3)16-17-13/h6-7H,4-5H2,1-3H3. The van der Waals surface area contributed by atoms with Gasteiger partial charge < -0.3 is 0 Å². The van der Waals surface area contributed by atoms with E-state index in [-0.39, 0.29) is 0 Å². The van der Waals surface area contributed by atoms with Crippen molar-refractivity contribution in [2.45, 2.75) is 33.6 Å². The Bertz CT molecular complexity index is 606. The minimum atomic E-state index is 0.567. The van der Waals surface area contributed by atoms with E-state index in [4.69, 9.17) is 0 Å². The van der Waals surface area contributed by atoms with Crippen LogP contribution < -0.4 is 0 Å². The van der Waals surface area contributed by atoms with Gasteiger partial charge in [0.05, 0.1) is 5.69 Å². The average molecular weight is 241 g/mol. The highest BCUT2D eigenvalue weighted by molar-refractivity contribution is 5.49. The van der Waals surface area contributed by atoms with Crippen LogP contribution in [-0.2, 0) is 6.42 Å². The molecule has 5 heteroatoms. The Morgan fingerprint density at radius 1 is 1.33 bits per heavy atom. The second-order valence-electron chi connectivity index (χ2n) is 4.18. The summed E-state index contributed by atoms with van der Waals surface area (Å²) in [5.74, 6) is 1.48. The van der Waals surface area contributed by atoms with E-state index in [1.807, 2.05) is 24.6 Å². The third-order valence-corrected chi connectivity index (χ3v) is 2.97. The van der Waals surface area contributed by atoms with Crippen LogP contribution in [-0.4, -0.2) is 19.7 Å². The zero-order valence-corrected chi connectivity index (χ0v) is 10.8. The van der Waals surface area contributed by atoms with Crippen molar-refractivity contribution in [2.75, 3.05) is 0 Å². The van der Waals surface area contributed by atoms with E-state index in [0.717, 1.165) is 29.9 Å². The smallest absolute Gasteiger partial charge is 0.179 e. The zero-order chi connectivity index (χ0) is 13.1. The Morgan fingerprint density at radius 2 is 2.11 bits per heavy atom. The molecule has 18 heavy (non-hydrogen) atoms. The van der Waals surface area contributed by atoms with Crippen molar-refractivity contribution in [3.63, 3.8) is 0 Å². The SMILES string of the molecule is CCCc1nccn1-c1nnc(C)c(C)c1C#N. The van der Waals surface area contributed by atoms with Crippen molar-refractivity contribution in [3.05, 3.63) is 35.0 Å². The molecule has 2 rings (SSSR count). The first-order valence-electron chi connectivity index (χ1n) is 5.95. The lowest BCUT2D eigenvalue weighted by molar-refractivity contribution is 0.778. The van der Waals surface area contributed by atoms with Crippen LogP contribution in [0.1, 0.15) is 36.0 Å². The molecule has 0 spiro atoms. The molecule has 0 aliphatic heterocycles. The highest BCUT2D eigenvalue weighted by Gasteiger charge is 2.14. The van der Waals surface area contributed by atoms with E-state index in [2.05, 4.69) is 28.2 Å². The Hall–Kier alpha value is -2.22. The maximum absolute atomic E-state index is 9.29. The number of nitriles is 1. The van der Waals surface area contributed by atoms with Gasteiger partial charge in [0, 0.05) is 18.8 Å². The minimum absolute atomic E-state index is 0.567. The summed E-state index contributed by atoms with van der Waals surface area (Å²) >= 11 is 0. The number of hydrogen-bond acceptors (Lipinski definition) is 4. The average Bonchev–Trinajstić information content (AvgIpc) is 2.81. The van der Waals surface area contributed by atoms with Crippen LogP contribution in [0.15, 0.2) is 12.4 Å². The van der Waals surface area contributed by atoms with E-state index in [0.29, 0.717) is 11.4 Å². The Labute approximate surface area is 106 Å². The van der Waals surface area contributed by atoms with Crippen LogP contribution in [0.25, 0.3) is 5.82 Å². The van der Waals surface area contributed by atoms with Crippen molar-refractivity contribution in [3.8, 4) is 11.9 Å². The van der Waals surface area contributed by atoms with Gasteiger partial charge in [0.2, 0.25) is 0 Å². The molecule has 0 saturated carbocycles. The highest BCUT2D eigenvalue weighted by atomic mass is 15.2. The molecule has 0 amide bonds. The molecule has 5 nitrogen and oxygen atoms in total. The molecule has 92 valence electrons. The maximum atomic E-state index is 9.29. The second-order valence-corrected chi connectivity index (χ2v) is 4.18. The van der Waals surface area contributed by atoms with Gasteiger partial charge in [0.1, 0.15) is 17.5 Å². The van der Waals surface area contributed by atoms with Gasteiger partial charge in [-0.3, -0.25) is 4.57 Å². The van der Waals surface area contributed by atoms with Gasteiger partial charge in [-0.25, -0.2) is 4.98 Å². The van der Waals surface area contributed by atoms with E-state index in [9.17, 15) is 5.26 Å². The van der Waals surface area contributed by atoms with Crippen LogP contribution in [0, 0.1) is 25.2 Å². The van der Waals surface area contributed by atoms with Gasteiger partial charge in [-0.05, 0) is 25.8 Å². The highest BCUT2D eigenvalue weighted by Crippen LogP contribution is 2.18. The largest absolute Gasteiger partial charge is 0.285 e. The molecule has 0 aliphatic rings. The molecule has 0 unspecified atom stereocenters. The number of nitrogens with zero attached hydrogens (tertiary/aromatic N) is 5. The van der Waals surface area contributed by atoms with Crippen molar-refractivity contribution in [1.82, 2.24) is 19.7 Å². The number of imidazole rings is 1. The van der Waals surface area contributed by atoms with Crippen molar-refractivity contribution in [1.29, 1.82) is 5.26 Å². The molecule has 0 aromatic carbocycles. The molecule has 2 heterocycles. The van der Waals surface area contributed by atoms with Gasteiger partial charge in [-0.15, -0.1) is 5.10 Å². The summed E-state index contributed by atoms with van der Waals surface area (Å²) < 4.78 is 1.85. The summed E-state index contributed by atoms with van der Waals surface area (Å²) in [6.45, 7) is 5.84. The van der Waals surface area contributed by atoms with E-state index >= 15 is 0 Å². The lowest BCUT2D eigenvalue weighted by atomic mass is 10.1. The third-order valence-electron chi connectivity index (χ3n) is 2.97. The summed E-state index contributed by atoms with van der Waals surface area (Å²) in [6, 6.07) is 2.21. The monoisotopic (exact) mass is 241 g/mol. The van der Waals surface area contributed by atoms with Gasteiger partial charge in [0.25, 0.3) is 0 Å². The molecule has 0 radical (unpaired) electrons. The van der Waals surface area contributed by atoms with Gasteiger partial charge >= 0.3 is 0 Å². The first-order chi connectivity index (χ1) is 8.69.